The summed E-state index contributed by atoms with van der Waals surface area (Å²) in [5.74, 6) is -0.0635. The highest BCUT2D eigenvalue weighted by Gasteiger charge is 2.33. The van der Waals surface area contributed by atoms with Gasteiger partial charge in [0.1, 0.15) is 23.4 Å². The van der Waals surface area contributed by atoms with Gasteiger partial charge in [0.2, 0.25) is 11.8 Å². The molecule has 1 aromatic carbocycles. The predicted octanol–water partition coefficient (Wildman–Crippen LogP) is -0.0492. The number of hydrogen-bond acceptors (Lipinski definition) is 4. The van der Waals surface area contributed by atoms with Crippen molar-refractivity contribution in [2.45, 2.75) is 18.5 Å². The van der Waals surface area contributed by atoms with Gasteiger partial charge in [0.25, 0.3) is 0 Å². The normalized spacial score (nSPS) is 22.6. The Morgan fingerprint density at radius 2 is 1.80 bits per heavy atom. The molecule has 1 saturated heterocycles. The molecule has 2 atom stereocenters. The number of aliphatic hydroxyl groups excluding tert-OH is 1. The third-order valence-electron chi connectivity index (χ3n) is 3.33. The average Bonchev–Trinajstić information content (AvgIpc) is 2.84. The van der Waals surface area contributed by atoms with Gasteiger partial charge in [-0.2, -0.15) is 0 Å². The first-order valence-corrected chi connectivity index (χ1v) is 6.36. The van der Waals surface area contributed by atoms with Crippen molar-refractivity contribution in [1.29, 1.82) is 0 Å². The minimum absolute atomic E-state index is 0.282. The lowest BCUT2D eigenvalue weighted by molar-refractivity contribution is -0.137. The molecular weight excluding hydrogens is 260 g/mol. The van der Waals surface area contributed by atoms with Crippen LogP contribution in [0.2, 0.25) is 0 Å². The third kappa shape index (κ3) is 2.25. The fourth-order valence-electron chi connectivity index (χ4n) is 2.29. The Balaban J connectivity index is 1.77. The van der Waals surface area contributed by atoms with Crippen LogP contribution in [0.15, 0.2) is 34.7 Å². The van der Waals surface area contributed by atoms with Crippen molar-refractivity contribution in [1.82, 2.24) is 10.6 Å². The second kappa shape index (κ2) is 4.97. The lowest BCUT2D eigenvalue weighted by atomic mass is 10.1. The molecular formula is C14H14N2O4. The Kier molecular flexibility index (Phi) is 3.15. The van der Waals surface area contributed by atoms with Crippen molar-refractivity contribution < 1.29 is 19.1 Å². The molecule has 1 aliphatic rings. The molecule has 2 amide bonds. The summed E-state index contributed by atoms with van der Waals surface area (Å²) in [7, 11) is 0. The van der Waals surface area contributed by atoms with E-state index in [0.29, 0.717) is 5.76 Å². The molecule has 1 aliphatic heterocycles. The van der Waals surface area contributed by atoms with E-state index in [1.54, 1.807) is 0 Å². The topological polar surface area (TPSA) is 91.6 Å². The fraction of sp³-hybridized carbons (Fsp3) is 0.286. The van der Waals surface area contributed by atoms with Gasteiger partial charge in [-0.05, 0) is 12.1 Å². The number of piperazine rings is 1. The first-order chi connectivity index (χ1) is 9.67. The van der Waals surface area contributed by atoms with E-state index in [0.717, 1.165) is 11.0 Å². The largest absolute Gasteiger partial charge is 0.461 e. The van der Waals surface area contributed by atoms with Gasteiger partial charge in [-0.1, -0.05) is 18.2 Å². The SMILES string of the molecule is O=C1N[C@@H](CO)C(=O)NC1Cc1cc2ccccc2o1. The quantitative estimate of drug-likeness (QED) is 0.732. The van der Waals surface area contributed by atoms with E-state index in [1.807, 2.05) is 30.3 Å². The number of benzene rings is 1. The van der Waals surface area contributed by atoms with Crippen LogP contribution in [0.5, 0.6) is 0 Å². The number of hydrogen-bond donors (Lipinski definition) is 3. The molecule has 3 N–H and O–H groups in total. The van der Waals surface area contributed by atoms with Gasteiger partial charge in [0.05, 0.1) is 6.61 Å². The molecule has 2 aromatic rings. The van der Waals surface area contributed by atoms with Gasteiger partial charge in [0, 0.05) is 11.8 Å². The Hall–Kier alpha value is -2.34. The summed E-state index contributed by atoms with van der Waals surface area (Å²) < 4.78 is 5.63. The summed E-state index contributed by atoms with van der Waals surface area (Å²) >= 11 is 0. The molecule has 0 bridgehead atoms. The number of carbonyl (C=O) groups excluding carboxylic acids is 2. The molecule has 0 radical (unpaired) electrons. The molecule has 1 fully saturated rings. The van der Waals surface area contributed by atoms with Crippen LogP contribution in [0.3, 0.4) is 0 Å². The Bertz CT molecular complexity index is 631. The molecule has 0 spiro atoms. The highest BCUT2D eigenvalue weighted by Crippen LogP contribution is 2.20. The minimum atomic E-state index is -0.866. The maximum absolute atomic E-state index is 11.9. The Morgan fingerprint density at radius 3 is 2.55 bits per heavy atom. The molecule has 104 valence electrons. The van der Waals surface area contributed by atoms with E-state index < -0.39 is 18.7 Å². The zero-order chi connectivity index (χ0) is 14.1. The molecule has 1 aromatic heterocycles. The van der Waals surface area contributed by atoms with Gasteiger partial charge >= 0.3 is 0 Å². The van der Waals surface area contributed by atoms with E-state index in [2.05, 4.69) is 10.6 Å². The van der Waals surface area contributed by atoms with E-state index in [1.165, 1.54) is 0 Å². The predicted molar refractivity (Wildman–Crippen MR) is 70.9 cm³/mol. The van der Waals surface area contributed by atoms with Gasteiger partial charge in [-0.15, -0.1) is 0 Å². The third-order valence-corrected chi connectivity index (χ3v) is 3.33. The fourth-order valence-corrected chi connectivity index (χ4v) is 2.29. The van der Waals surface area contributed by atoms with Crippen LogP contribution in [0.1, 0.15) is 5.76 Å². The molecule has 0 saturated carbocycles. The summed E-state index contributed by atoms with van der Waals surface area (Å²) in [6.45, 7) is -0.408. The smallest absolute Gasteiger partial charge is 0.245 e. The number of nitrogens with one attached hydrogen (secondary N) is 2. The molecule has 2 heterocycles. The van der Waals surface area contributed by atoms with E-state index >= 15 is 0 Å². The van der Waals surface area contributed by atoms with Gasteiger partial charge in [-0.25, -0.2) is 0 Å². The van der Waals surface area contributed by atoms with Crippen LogP contribution >= 0.6 is 0 Å². The Labute approximate surface area is 114 Å². The van der Waals surface area contributed by atoms with Crippen LogP contribution in [0.25, 0.3) is 11.0 Å². The van der Waals surface area contributed by atoms with Gasteiger partial charge in [0.15, 0.2) is 0 Å². The van der Waals surface area contributed by atoms with Crippen molar-refractivity contribution in [3.63, 3.8) is 0 Å². The molecule has 1 unspecified atom stereocenters. The van der Waals surface area contributed by atoms with E-state index in [9.17, 15) is 9.59 Å². The number of para-hydroxylation sites is 1. The standard InChI is InChI=1S/C14H14N2O4/c17-7-11-14(19)15-10(13(18)16-11)6-9-5-8-3-1-2-4-12(8)20-9/h1-5,10-11,17H,6-7H2,(H,15,19)(H,16,18)/t10?,11-/m0/s1. The van der Waals surface area contributed by atoms with Crippen LogP contribution in [-0.2, 0) is 16.0 Å². The molecule has 6 heteroatoms. The lowest BCUT2D eigenvalue weighted by Crippen LogP contribution is -2.63. The zero-order valence-corrected chi connectivity index (χ0v) is 10.6. The highest BCUT2D eigenvalue weighted by molar-refractivity contribution is 5.97. The lowest BCUT2D eigenvalue weighted by Gasteiger charge is -2.27. The number of carbonyl (C=O) groups is 2. The summed E-state index contributed by atoms with van der Waals surface area (Å²) in [5, 5.41) is 15.0. The molecule has 6 nitrogen and oxygen atoms in total. The van der Waals surface area contributed by atoms with Crippen molar-refractivity contribution in [2.24, 2.45) is 0 Å². The number of furan rings is 1. The molecule has 3 rings (SSSR count). The maximum atomic E-state index is 11.9. The van der Waals surface area contributed by atoms with Crippen LogP contribution in [0, 0.1) is 0 Å². The zero-order valence-electron chi connectivity index (χ0n) is 10.6. The maximum Gasteiger partial charge on any atom is 0.245 e. The average molecular weight is 274 g/mol. The number of amides is 2. The second-order valence-corrected chi connectivity index (χ2v) is 4.76. The van der Waals surface area contributed by atoms with Crippen molar-refractivity contribution in [3.05, 3.63) is 36.1 Å². The minimum Gasteiger partial charge on any atom is -0.461 e. The summed E-state index contributed by atoms with van der Waals surface area (Å²) in [4.78, 5) is 23.5. The number of fused-ring (bicyclic) bond motifs is 1. The molecule has 20 heavy (non-hydrogen) atoms. The summed E-state index contributed by atoms with van der Waals surface area (Å²) in [6, 6.07) is 7.86. The molecule has 0 aliphatic carbocycles. The van der Waals surface area contributed by atoms with Crippen molar-refractivity contribution >= 4 is 22.8 Å². The first kappa shape index (κ1) is 12.7. The summed E-state index contributed by atoms with van der Waals surface area (Å²) in [5.41, 5.74) is 0.748. The number of rotatable bonds is 3. The second-order valence-electron chi connectivity index (χ2n) is 4.76. The van der Waals surface area contributed by atoms with Crippen molar-refractivity contribution in [2.75, 3.05) is 6.61 Å². The monoisotopic (exact) mass is 274 g/mol. The first-order valence-electron chi connectivity index (χ1n) is 6.36. The van der Waals surface area contributed by atoms with E-state index in [4.69, 9.17) is 9.52 Å². The van der Waals surface area contributed by atoms with Crippen LogP contribution in [0.4, 0.5) is 0 Å². The summed E-state index contributed by atoms with van der Waals surface area (Å²) in [6.07, 6.45) is 0.282. The van der Waals surface area contributed by atoms with E-state index in [-0.39, 0.29) is 18.2 Å². The van der Waals surface area contributed by atoms with Crippen LogP contribution in [-0.4, -0.2) is 35.6 Å². The highest BCUT2D eigenvalue weighted by atomic mass is 16.3. The Morgan fingerprint density at radius 1 is 1.10 bits per heavy atom. The van der Waals surface area contributed by atoms with Crippen LogP contribution < -0.4 is 10.6 Å². The number of aliphatic hydroxyl groups is 1. The van der Waals surface area contributed by atoms with Crippen molar-refractivity contribution in [3.8, 4) is 0 Å². The van der Waals surface area contributed by atoms with Gasteiger partial charge in [-0.3, -0.25) is 9.59 Å². The van der Waals surface area contributed by atoms with Gasteiger partial charge < -0.3 is 20.2 Å².